The van der Waals surface area contributed by atoms with Crippen molar-refractivity contribution in [2.75, 3.05) is 0 Å². The van der Waals surface area contributed by atoms with Crippen LogP contribution in [0.15, 0.2) is 78.9 Å². The maximum Gasteiger partial charge on any atom is 0.138 e. The van der Waals surface area contributed by atoms with E-state index in [1.807, 2.05) is 48.5 Å². The van der Waals surface area contributed by atoms with Gasteiger partial charge in [0.15, 0.2) is 0 Å². The standard InChI is InChI=1S/C25H23NO/c26-18-23-12-11-22(20-9-5-2-6-10-20)17-25(23)27-24-15-13-21(14-16-24)19-7-3-1-4-8-19/h1-12,17,21,24H,13-16H2/i24D. The van der Waals surface area contributed by atoms with Crippen molar-refractivity contribution in [2.24, 2.45) is 0 Å². The van der Waals surface area contributed by atoms with Gasteiger partial charge in [0.2, 0.25) is 0 Å². The van der Waals surface area contributed by atoms with Crippen molar-refractivity contribution in [1.29, 1.82) is 5.26 Å². The van der Waals surface area contributed by atoms with Crippen LogP contribution in [0.4, 0.5) is 0 Å². The minimum atomic E-state index is -0.980. The number of hydrogen-bond donors (Lipinski definition) is 0. The molecule has 0 aliphatic heterocycles. The highest BCUT2D eigenvalue weighted by Gasteiger charge is 2.24. The van der Waals surface area contributed by atoms with Gasteiger partial charge in [0, 0.05) is 0 Å². The van der Waals surface area contributed by atoms with E-state index in [1.54, 1.807) is 6.07 Å². The van der Waals surface area contributed by atoms with Crippen LogP contribution in [-0.4, -0.2) is 6.08 Å². The third kappa shape index (κ3) is 4.04. The van der Waals surface area contributed by atoms with E-state index >= 15 is 0 Å². The molecule has 2 nitrogen and oxygen atoms in total. The third-order valence-electron chi connectivity index (χ3n) is 5.28. The highest BCUT2D eigenvalue weighted by atomic mass is 16.5. The van der Waals surface area contributed by atoms with Gasteiger partial charge in [-0.2, -0.15) is 5.26 Å². The Morgan fingerprint density at radius 2 is 1.48 bits per heavy atom. The number of nitrogens with zero attached hydrogens (tertiary/aromatic N) is 1. The summed E-state index contributed by atoms with van der Waals surface area (Å²) in [5.41, 5.74) is 3.89. The van der Waals surface area contributed by atoms with Crippen LogP contribution >= 0.6 is 0 Å². The van der Waals surface area contributed by atoms with Crippen LogP contribution in [-0.2, 0) is 0 Å². The molecule has 1 aliphatic carbocycles. The first kappa shape index (κ1) is 16.1. The monoisotopic (exact) mass is 354 g/mol. The van der Waals surface area contributed by atoms with E-state index in [0.29, 0.717) is 30.1 Å². The molecule has 0 amide bonds. The molecule has 0 saturated heterocycles. The summed E-state index contributed by atoms with van der Waals surface area (Å²) in [6.45, 7) is 0. The van der Waals surface area contributed by atoms with Crippen molar-refractivity contribution in [3.05, 3.63) is 90.0 Å². The molecule has 1 saturated carbocycles. The molecule has 0 atom stereocenters. The molecule has 0 radical (unpaired) electrons. The maximum atomic E-state index is 9.49. The molecular weight excluding hydrogens is 330 g/mol. The van der Waals surface area contributed by atoms with Crippen LogP contribution in [0.5, 0.6) is 5.75 Å². The fourth-order valence-electron chi connectivity index (χ4n) is 3.77. The summed E-state index contributed by atoms with van der Waals surface area (Å²) in [6.07, 6.45) is 2.19. The van der Waals surface area contributed by atoms with E-state index in [-0.39, 0.29) is 0 Å². The van der Waals surface area contributed by atoms with Crippen molar-refractivity contribution in [3.63, 3.8) is 0 Å². The zero-order valence-electron chi connectivity index (χ0n) is 16.3. The minimum Gasteiger partial charge on any atom is -0.489 e. The maximum absolute atomic E-state index is 9.49. The normalized spacial score (nSPS) is 22.5. The largest absolute Gasteiger partial charge is 0.489 e. The number of hydrogen-bond acceptors (Lipinski definition) is 2. The molecule has 0 bridgehead atoms. The molecule has 1 fully saturated rings. The Morgan fingerprint density at radius 3 is 2.15 bits per heavy atom. The summed E-state index contributed by atoms with van der Waals surface area (Å²) < 4.78 is 15.0. The van der Waals surface area contributed by atoms with Crippen molar-refractivity contribution >= 4 is 0 Å². The lowest BCUT2D eigenvalue weighted by Gasteiger charge is -2.29. The molecule has 134 valence electrons. The molecule has 0 N–H and O–H groups in total. The second-order valence-corrected chi connectivity index (χ2v) is 7.01. The van der Waals surface area contributed by atoms with Crippen molar-refractivity contribution in [3.8, 4) is 22.9 Å². The molecule has 4 rings (SSSR count). The molecular formula is C25H23NO. The highest BCUT2D eigenvalue weighted by Crippen LogP contribution is 2.36. The van der Waals surface area contributed by atoms with Crippen LogP contribution < -0.4 is 4.74 Å². The van der Waals surface area contributed by atoms with Crippen LogP contribution in [0.3, 0.4) is 0 Å². The Labute approximate surface area is 162 Å². The first-order valence-electron chi connectivity index (χ1n) is 10.0. The summed E-state index contributed by atoms with van der Waals surface area (Å²) in [6, 6.07) is 28.4. The molecule has 2 heteroatoms. The molecule has 3 aromatic carbocycles. The molecule has 0 heterocycles. The highest BCUT2D eigenvalue weighted by molar-refractivity contribution is 5.67. The predicted molar refractivity (Wildman–Crippen MR) is 109 cm³/mol. The number of benzene rings is 3. The van der Waals surface area contributed by atoms with Crippen LogP contribution in [0, 0.1) is 11.3 Å². The molecule has 1 aliphatic rings. The van der Waals surface area contributed by atoms with E-state index < -0.39 is 6.08 Å². The van der Waals surface area contributed by atoms with Gasteiger partial charge in [-0.15, -0.1) is 0 Å². The van der Waals surface area contributed by atoms with E-state index in [9.17, 15) is 5.26 Å². The molecule has 0 spiro atoms. The first-order valence-corrected chi connectivity index (χ1v) is 9.50. The molecule has 3 aromatic rings. The quantitative estimate of drug-likeness (QED) is 0.548. The van der Waals surface area contributed by atoms with E-state index in [4.69, 9.17) is 6.11 Å². The van der Waals surface area contributed by atoms with Crippen LogP contribution in [0.1, 0.15) is 44.1 Å². The van der Waals surface area contributed by atoms with Crippen molar-refractivity contribution in [1.82, 2.24) is 0 Å². The Balaban J connectivity index is 1.53. The Morgan fingerprint density at radius 1 is 0.815 bits per heavy atom. The fraction of sp³-hybridized carbons (Fsp3) is 0.240. The molecule has 27 heavy (non-hydrogen) atoms. The van der Waals surface area contributed by atoms with Crippen molar-refractivity contribution < 1.29 is 6.11 Å². The van der Waals surface area contributed by atoms with Gasteiger partial charge in [0.1, 0.15) is 11.8 Å². The van der Waals surface area contributed by atoms with Gasteiger partial charge in [-0.05, 0) is 60.4 Å². The van der Waals surface area contributed by atoms with Gasteiger partial charge >= 0.3 is 0 Å². The Hall–Kier alpha value is -3.05. The summed E-state index contributed by atoms with van der Waals surface area (Å²) >= 11 is 0. The number of nitriles is 1. The van der Waals surface area contributed by atoms with E-state index in [0.717, 1.165) is 24.0 Å². The second kappa shape index (κ2) is 8.10. The van der Waals surface area contributed by atoms with Crippen LogP contribution in [0.2, 0.25) is 0 Å². The van der Waals surface area contributed by atoms with Gasteiger partial charge in [0.25, 0.3) is 0 Å². The lowest BCUT2D eigenvalue weighted by molar-refractivity contribution is 0.146. The van der Waals surface area contributed by atoms with Gasteiger partial charge in [0.05, 0.1) is 13.0 Å². The SMILES string of the molecule is [2H]C1(Oc2cc(-c3ccccc3)ccc2C#N)CCC(c2ccccc2)CC1. The summed E-state index contributed by atoms with van der Waals surface area (Å²) in [4.78, 5) is 0. The van der Waals surface area contributed by atoms with Gasteiger partial charge in [-0.1, -0.05) is 66.7 Å². The first-order chi connectivity index (χ1) is 13.7. The van der Waals surface area contributed by atoms with Gasteiger partial charge in [-0.3, -0.25) is 0 Å². The van der Waals surface area contributed by atoms with E-state index in [2.05, 4.69) is 30.3 Å². The second-order valence-electron chi connectivity index (χ2n) is 7.01. The zero-order valence-corrected chi connectivity index (χ0v) is 15.3. The summed E-state index contributed by atoms with van der Waals surface area (Å²) in [7, 11) is 0. The average Bonchev–Trinajstić information content (AvgIpc) is 2.75. The van der Waals surface area contributed by atoms with Crippen molar-refractivity contribution in [2.45, 2.75) is 37.7 Å². The molecule has 0 aromatic heterocycles. The topological polar surface area (TPSA) is 33.0 Å². The predicted octanol–water partition coefficient (Wildman–Crippen LogP) is 6.33. The third-order valence-corrected chi connectivity index (χ3v) is 5.28. The summed E-state index contributed by atoms with van der Waals surface area (Å²) in [5, 5.41) is 9.49. The Kier molecular flexibility index (Phi) is 4.84. The lowest BCUT2D eigenvalue weighted by Crippen LogP contribution is -2.23. The zero-order chi connectivity index (χ0) is 19.4. The fourth-order valence-corrected chi connectivity index (χ4v) is 3.77. The van der Waals surface area contributed by atoms with Crippen LogP contribution in [0.25, 0.3) is 11.1 Å². The molecule has 0 unspecified atom stereocenters. The smallest absolute Gasteiger partial charge is 0.138 e. The number of rotatable bonds is 4. The Bertz CT molecular complexity index is 970. The lowest BCUT2D eigenvalue weighted by atomic mass is 9.83. The van der Waals surface area contributed by atoms with Gasteiger partial charge < -0.3 is 4.74 Å². The van der Waals surface area contributed by atoms with E-state index in [1.165, 1.54) is 5.56 Å². The average molecular weight is 354 g/mol. The minimum absolute atomic E-state index is 0.481. The van der Waals surface area contributed by atoms with Gasteiger partial charge in [-0.25, -0.2) is 0 Å². The summed E-state index contributed by atoms with van der Waals surface area (Å²) in [5.74, 6) is 0.992. The number of ether oxygens (including phenoxy) is 1.